The van der Waals surface area contributed by atoms with Crippen LogP contribution in [0.3, 0.4) is 0 Å². The molecule has 2 aromatic rings. The van der Waals surface area contributed by atoms with Gasteiger partial charge in [0.05, 0.1) is 20.8 Å². The average molecular weight is 318 g/mol. The molecule has 0 amide bonds. The molecule has 0 saturated carbocycles. The number of rotatable bonds is 7. The molecule has 4 heteroatoms. The zero-order valence-electron chi connectivity index (χ0n) is 14.1. The summed E-state index contributed by atoms with van der Waals surface area (Å²) < 4.78 is 30.3. The number of benzene rings is 2. The molecule has 0 aliphatic heterocycles. The Labute approximate surface area is 137 Å². The van der Waals surface area contributed by atoms with Crippen LogP contribution in [0, 0.1) is 19.7 Å². The van der Waals surface area contributed by atoms with Crippen molar-refractivity contribution < 1.29 is 18.6 Å². The van der Waals surface area contributed by atoms with Gasteiger partial charge in [-0.3, -0.25) is 0 Å². The zero-order chi connectivity index (χ0) is 16.8. The minimum absolute atomic E-state index is 0.172. The van der Waals surface area contributed by atoms with Crippen LogP contribution >= 0.6 is 0 Å². The Hall–Kier alpha value is -2.23. The fraction of sp³-hybridized carbons (Fsp3) is 0.368. The molecular formula is C19H23FO3. The third kappa shape index (κ3) is 3.95. The Kier molecular flexibility index (Phi) is 5.85. The lowest BCUT2D eigenvalue weighted by Crippen LogP contribution is -2.05. The van der Waals surface area contributed by atoms with E-state index in [1.54, 1.807) is 26.4 Å². The molecule has 2 rings (SSSR count). The number of hydrogen-bond donors (Lipinski definition) is 0. The van der Waals surface area contributed by atoms with Crippen LogP contribution in [0.15, 0.2) is 30.3 Å². The van der Waals surface area contributed by atoms with Crippen LogP contribution in [0.4, 0.5) is 4.39 Å². The zero-order valence-corrected chi connectivity index (χ0v) is 14.1. The number of hydrogen-bond acceptors (Lipinski definition) is 3. The van der Waals surface area contributed by atoms with Crippen molar-refractivity contribution in [3.63, 3.8) is 0 Å². The smallest absolute Gasteiger partial charge is 0.203 e. The summed E-state index contributed by atoms with van der Waals surface area (Å²) in [7, 11) is 3.23. The topological polar surface area (TPSA) is 27.7 Å². The summed E-state index contributed by atoms with van der Waals surface area (Å²) in [6.45, 7) is 4.45. The Morgan fingerprint density at radius 2 is 1.74 bits per heavy atom. The first-order chi connectivity index (χ1) is 11.1. The van der Waals surface area contributed by atoms with Crippen LogP contribution in [0.25, 0.3) is 0 Å². The van der Waals surface area contributed by atoms with Crippen molar-refractivity contribution in [2.24, 2.45) is 0 Å². The SMILES string of the molecule is COc1cc(C)c(C)c(OC)c1OCCCc1ccccc1F. The number of ether oxygens (including phenoxy) is 3. The molecule has 3 nitrogen and oxygen atoms in total. The maximum absolute atomic E-state index is 13.6. The molecular weight excluding hydrogens is 295 g/mol. The van der Waals surface area contributed by atoms with Gasteiger partial charge in [0.2, 0.25) is 5.75 Å². The summed E-state index contributed by atoms with van der Waals surface area (Å²) in [5, 5.41) is 0. The Bertz CT molecular complexity index is 668. The van der Waals surface area contributed by atoms with E-state index in [0.29, 0.717) is 42.3 Å². The predicted molar refractivity (Wildman–Crippen MR) is 89.2 cm³/mol. The third-order valence-corrected chi connectivity index (χ3v) is 3.93. The molecule has 124 valence electrons. The van der Waals surface area contributed by atoms with Gasteiger partial charge in [0, 0.05) is 0 Å². The second-order valence-electron chi connectivity index (χ2n) is 5.43. The van der Waals surface area contributed by atoms with Crippen molar-refractivity contribution in [2.75, 3.05) is 20.8 Å². The molecule has 0 radical (unpaired) electrons. The molecule has 23 heavy (non-hydrogen) atoms. The summed E-state index contributed by atoms with van der Waals surface area (Å²) in [5.74, 6) is 1.77. The van der Waals surface area contributed by atoms with Crippen LogP contribution in [-0.2, 0) is 6.42 Å². The van der Waals surface area contributed by atoms with E-state index in [2.05, 4.69) is 0 Å². The maximum atomic E-state index is 13.6. The van der Waals surface area contributed by atoms with Crippen molar-refractivity contribution >= 4 is 0 Å². The maximum Gasteiger partial charge on any atom is 0.203 e. The first-order valence-corrected chi connectivity index (χ1v) is 7.66. The van der Waals surface area contributed by atoms with Gasteiger partial charge in [-0.2, -0.15) is 0 Å². The van der Waals surface area contributed by atoms with E-state index in [0.717, 1.165) is 11.1 Å². The molecule has 0 aliphatic carbocycles. The molecule has 0 saturated heterocycles. The lowest BCUT2D eigenvalue weighted by atomic mass is 10.1. The molecule has 0 N–H and O–H groups in total. The fourth-order valence-electron chi connectivity index (χ4n) is 2.50. The molecule has 0 spiro atoms. The second kappa shape index (κ2) is 7.86. The molecule has 0 unspecified atom stereocenters. The molecule has 0 bridgehead atoms. The summed E-state index contributed by atoms with van der Waals surface area (Å²) >= 11 is 0. The number of halogens is 1. The van der Waals surface area contributed by atoms with Gasteiger partial charge < -0.3 is 14.2 Å². The van der Waals surface area contributed by atoms with Crippen LogP contribution in [0.1, 0.15) is 23.1 Å². The van der Waals surface area contributed by atoms with Gasteiger partial charge in [0.1, 0.15) is 5.82 Å². The third-order valence-electron chi connectivity index (χ3n) is 3.93. The van der Waals surface area contributed by atoms with Crippen molar-refractivity contribution in [3.05, 3.63) is 52.8 Å². The quantitative estimate of drug-likeness (QED) is 0.705. The first kappa shape index (κ1) is 17.1. The normalized spacial score (nSPS) is 10.5. The van der Waals surface area contributed by atoms with Crippen LogP contribution in [-0.4, -0.2) is 20.8 Å². The summed E-state index contributed by atoms with van der Waals surface area (Å²) in [4.78, 5) is 0. The van der Waals surface area contributed by atoms with E-state index in [1.165, 1.54) is 6.07 Å². The summed E-state index contributed by atoms with van der Waals surface area (Å²) in [6, 6.07) is 8.75. The minimum atomic E-state index is -0.172. The lowest BCUT2D eigenvalue weighted by Gasteiger charge is -2.18. The lowest BCUT2D eigenvalue weighted by molar-refractivity contribution is 0.269. The van der Waals surface area contributed by atoms with Gasteiger partial charge in [0.15, 0.2) is 11.5 Å². The van der Waals surface area contributed by atoms with Gasteiger partial charge in [-0.05, 0) is 55.5 Å². The average Bonchev–Trinajstić information content (AvgIpc) is 2.56. The van der Waals surface area contributed by atoms with E-state index in [-0.39, 0.29) is 5.82 Å². The largest absolute Gasteiger partial charge is 0.493 e. The van der Waals surface area contributed by atoms with Gasteiger partial charge >= 0.3 is 0 Å². The standard InChI is InChI=1S/C19H23FO3/c1-13-12-17(21-3)19(18(22-4)14(13)2)23-11-7-9-15-8-5-6-10-16(15)20/h5-6,8,10,12H,7,9,11H2,1-4H3. The van der Waals surface area contributed by atoms with E-state index in [1.807, 2.05) is 26.0 Å². The highest BCUT2D eigenvalue weighted by atomic mass is 19.1. The van der Waals surface area contributed by atoms with Gasteiger partial charge in [-0.25, -0.2) is 4.39 Å². The highest BCUT2D eigenvalue weighted by Gasteiger charge is 2.16. The Morgan fingerprint density at radius 1 is 1.00 bits per heavy atom. The Balaban J connectivity index is 2.05. The van der Waals surface area contributed by atoms with Gasteiger partial charge in [-0.1, -0.05) is 18.2 Å². The highest BCUT2D eigenvalue weighted by Crippen LogP contribution is 2.41. The molecule has 0 heterocycles. The van der Waals surface area contributed by atoms with Crippen molar-refractivity contribution in [1.29, 1.82) is 0 Å². The van der Waals surface area contributed by atoms with E-state index >= 15 is 0 Å². The number of aryl methyl sites for hydroxylation is 2. The highest BCUT2D eigenvalue weighted by molar-refractivity contribution is 5.58. The van der Waals surface area contributed by atoms with Crippen LogP contribution < -0.4 is 14.2 Å². The van der Waals surface area contributed by atoms with E-state index < -0.39 is 0 Å². The minimum Gasteiger partial charge on any atom is -0.493 e. The van der Waals surface area contributed by atoms with Crippen molar-refractivity contribution in [1.82, 2.24) is 0 Å². The summed E-state index contributed by atoms with van der Waals surface area (Å²) in [6.07, 6.45) is 1.34. The van der Waals surface area contributed by atoms with Crippen LogP contribution in [0.5, 0.6) is 17.2 Å². The van der Waals surface area contributed by atoms with Crippen molar-refractivity contribution in [2.45, 2.75) is 26.7 Å². The van der Waals surface area contributed by atoms with Gasteiger partial charge in [0.25, 0.3) is 0 Å². The molecule has 0 fully saturated rings. The van der Waals surface area contributed by atoms with Crippen molar-refractivity contribution in [3.8, 4) is 17.2 Å². The summed E-state index contributed by atoms with van der Waals surface area (Å²) in [5.41, 5.74) is 2.81. The molecule has 0 aliphatic rings. The fourth-order valence-corrected chi connectivity index (χ4v) is 2.50. The van der Waals surface area contributed by atoms with E-state index in [9.17, 15) is 4.39 Å². The first-order valence-electron chi connectivity index (χ1n) is 7.66. The van der Waals surface area contributed by atoms with Gasteiger partial charge in [-0.15, -0.1) is 0 Å². The van der Waals surface area contributed by atoms with Crippen LogP contribution in [0.2, 0.25) is 0 Å². The van der Waals surface area contributed by atoms with E-state index in [4.69, 9.17) is 14.2 Å². The molecule has 0 atom stereocenters. The predicted octanol–water partition coefficient (Wildman–Crippen LogP) is 4.47. The second-order valence-corrected chi connectivity index (χ2v) is 5.43. The molecule has 2 aromatic carbocycles. The monoisotopic (exact) mass is 318 g/mol. The molecule has 0 aromatic heterocycles. The number of methoxy groups -OCH3 is 2. The Morgan fingerprint density at radius 3 is 2.39 bits per heavy atom.